The van der Waals surface area contributed by atoms with E-state index in [0.717, 1.165) is 10.9 Å². The molecule has 4 rings (SSSR count). The van der Waals surface area contributed by atoms with Crippen LogP contribution in [0.3, 0.4) is 0 Å². The first-order chi connectivity index (χ1) is 12.8. The van der Waals surface area contributed by atoms with Crippen molar-refractivity contribution in [1.29, 1.82) is 0 Å². The Labute approximate surface area is 149 Å². The van der Waals surface area contributed by atoms with Crippen molar-refractivity contribution in [3.05, 3.63) is 72.6 Å². The first kappa shape index (κ1) is 16.0. The van der Waals surface area contributed by atoms with Crippen LogP contribution in [0, 0.1) is 0 Å². The summed E-state index contributed by atoms with van der Waals surface area (Å²) in [6.45, 7) is 0.377. The van der Waals surface area contributed by atoms with Crippen molar-refractivity contribution in [2.45, 2.75) is 0 Å². The monoisotopic (exact) mass is 345 g/mol. The van der Waals surface area contributed by atoms with Gasteiger partial charge in [0.2, 0.25) is 0 Å². The second-order valence-corrected chi connectivity index (χ2v) is 5.59. The Bertz CT molecular complexity index is 1070. The largest absolute Gasteiger partial charge is 0.489 e. The highest BCUT2D eigenvalue weighted by molar-refractivity contribution is 6.02. The van der Waals surface area contributed by atoms with E-state index in [1.54, 1.807) is 18.3 Å². The highest BCUT2D eigenvalue weighted by Crippen LogP contribution is 2.23. The summed E-state index contributed by atoms with van der Waals surface area (Å²) < 4.78 is 11.1. The van der Waals surface area contributed by atoms with Gasteiger partial charge in [-0.2, -0.15) is 10.2 Å². The van der Waals surface area contributed by atoms with Gasteiger partial charge in [0.1, 0.15) is 19.0 Å². The summed E-state index contributed by atoms with van der Waals surface area (Å²) in [5.41, 5.74) is 1.91. The number of fused-ring (bicyclic) bond motifs is 2. The number of carbonyl (C=O) groups is 1. The van der Waals surface area contributed by atoms with E-state index < -0.39 is 5.97 Å². The minimum absolute atomic E-state index is 0.131. The zero-order valence-corrected chi connectivity index (χ0v) is 13.8. The molecule has 0 amide bonds. The van der Waals surface area contributed by atoms with Gasteiger partial charge in [-0.05, 0) is 24.3 Å². The number of ether oxygens (including phenoxy) is 2. The van der Waals surface area contributed by atoms with Crippen LogP contribution in [0.15, 0.2) is 67.0 Å². The van der Waals surface area contributed by atoms with Gasteiger partial charge in [0.15, 0.2) is 0 Å². The summed E-state index contributed by atoms with van der Waals surface area (Å²) in [6.07, 6.45) is 3.11. The van der Waals surface area contributed by atoms with E-state index in [0.29, 0.717) is 22.2 Å². The summed E-state index contributed by atoms with van der Waals surface area (Å²) in [5.74, 6) is 0.266. The first-order valence-corrected chi connectivity index (χ1v) is 8.17. The summed E-state index contributed by atoms with van der Waals surface area (Å²) in [6, 6.07) is 16.8. The third-order valence-corrected chi connectivity index (χ3v) is 3.95. The highest BCUT2D eigenvalue weighted by atomic mass is 16.6. The molecule has 2 aromatic heterocycles. The minimum atomic E-state index is -0.445. The fourth-order valence-electron chi connectivity index (χ4n) is 2.73. The SMILES string of the molecule is O=C(OCCOc1ccnc2ccccc12)c1cnnc2ccccc12. The molecule has 26 heavy (non-hydrogen) atoms. The van der Waals surface area contributed by atoms with Crippen molar-refractivity contribution >= 4 is 27.8 Å². The Morgan fingerprint density at radius 2 is 1.65 bits per heavy atom. The van der Waals surface area contributed by atoms with E-state index >= 15 is 0 Å². The van der Waals surface area contributed by atoms with Crippen molar-refractivity contribution in [2.24, 2.45) is 0 Å². The van der Waals surface area contributed by atoms with Crippen molar-refractivity contribution in [3.63, 3.8) is 0 Å². The third kappa shape index (κ3) is 3.17. The van der Waals surface area contributed by atoms with Crippen LogP contribution in [-0.4, -0.2) is 34.4 Å². The lowest BCUT2D eigenvalue weighted by atomic mass is 10.1. The molecule has 0 bridgehead atoms. The van der Waals surface area contributed by atoms with Crippen LogP contribution >= 0.6 is 0 Å². The van der Waals surface area contributed by atoms with Gasteiger partial charge in [0, 0.05) is 17.0 Å². The summed E-state index contributed by atoms with van der Waals surface area (Å²) >= 11 is 0. The summed E-state index contributed by atoms with van der Waals surface area (Å²) in [7, 11) is 0. The molecule has 0 radical (unpaired) electrons. The van der Waals surface area contributed by atoms with Crippen molar-refractivity contribution in [2.75, 3.05) is 13.2 Å². The zero-order chi connectivity index (χ0) is 17.8. The molecule has 4 aromatic rings. The standard InChI is InChI=1S/C20H15N3O3/c24-20(16-13-22-23-18-8-4-1-5-14(16)18)26-12-11-25-19-9-10-21-17-7-3-2-6-15(17)19/h1-10,13H,11-12H2. The summed E-state index contributed by atoms with van der Waals surface area (Å²) in [5, 5.41) is 9.49. The van der Waals surface area contributed by atoms with Crippen LogP contribution in [0.4, 0.5) is 0 Å². The van der Waals surface area contributed by atoms with Crippen LogP contribution in [0.1, 0.15) is 10.4 Å². The fourth-order valence-corrected chi connectivity index (χ4v) is 2.73. The number of hydrogen-bond acceptors (Lipinski definition) is 6. The molecule has 0 saturated carbocycles. The smallest absolute Gasteiger partial charge is 0.340 e. The number of pyridine rings is 1. The maximum atomic E-state index is 12.3. The molecule has 0 unspecified atom stereocenters. The number of para-hydroxylation sites is 1. The molecular formula is C20H15N3O3. The van der Waals surface area contributed by atoms with E-state index in [9.17, 15) is 4.79 Å². The van der Waals surface area contributed by atoms with Gasteiger partial charge >= 0.3 is 5.97 Å². The predicted molar refractivity (Wildman–Crippen MR) is 97.1 cm³/mol. The molecule has 6 heteroatoms. The fraction of sp³-hybridized carbons (Fsp3) is 0.100. The Morgan fingerprint density at radius 1 is 0.885 bits per heavy atom. The number of rotatable bonds is 5. The minimum Gasteiger partial charge on any atom is -0.489 e. The molecule has 2 heterocycles. The first-order valence-electron chi connectivity index (χ1n) is 8.17. The van der Waals surface area contributed by atoms with Gasteiger partial charge in [-0.1, -0.05) is 30.3 Å². The average molecular weight is 345 g/mol. The lowest BCUT2D eigenvalue weighted by Gasteiger charge is -2.10. The molecule has 0 N–H and O–H groups in total. The van der Waals surface area contributed by atoms with E-state index in [1.807, 2.05) is 42.5 Å². The zero-order valence-electron chi connectivity index (χ0n) is 13.8. The Balaban J connectivity index is 1.41. The van der Waals surface area contributed by atoms with E-state index in [-0.39, 0.29) is 13.2 Å². The molecule has 2 aromatic carbocycles. The topological polar surface area (TPSA) is 74.2 Å². The van der Waals surface area contributed by atoms with Gasteiger partial charge in [-0.15, -0.1) is 0 Å². The number of hydrogen-bond donors (Lipinski definition) is 0. The van der Waals surface area contributed by atoms with Gasteiger partial charge in [-0.25, -0.2) is 4.79 Å². The van der Waals surface area contributed by atoms with E-state index in [1.165, 1.54) is 6.20 Å². The Hall–Kier alpha value is -3.54. The molecule has 0 aliphatic heterocycles. The lowest BCUT2D eigenvalue weighted by Crippen LogP contribution is -2.13. The van der Waals surface area contributed by atoms with Crippen molar-refractivity contribution in [1.82, 2.24) is 15.2 Å². The van der Waals surface area contributed by atoms with Crippen LogP contribution in [0.2, 0.25) is 0 Å². The molecule has 0 saturated heterocycles. The van der Waals surface area contributed by atoms with Crippen molar-refractivity contribution in [3.8, 4) is 5.75 Å². The summed E-state index contributed by atoms with van der Waals surface area (Å²) in [4.78, 5) is 16.6. The van der Waals surface area contributed by atoms with Crippen LogP contribution in [0.25, 0.3) is 21.8 Å². The second kappa shape index (κ2) is 7.14. The normalized spacial score (nSPS) is 10.8. The Morgan fingerprint density at radius 3 is 2.54 bits per heavy atom. The van der Waals surface area contributed by atoms with E-state index in [2.05, 4.69) is 15.2 Å². The molecular weight excluding hydrogens is 330 g/mol. The molecule has 0 spiro atoms. The number of benzene rings is 2. The van der Waals surface area contributed by atoms with Gasteiger partial charge in [-0.3, -0.25) is 4.98 Å². The molecule has 128 valence electrons. The van der Waals surface area contributed by atoms with E-state index in [4.69, 9.17) is 9.47 Å². The van der Waals surface area contributed by atoms with Gasteiger partial charge in [0.25, 0.3) is 0 Å². The molecule has 0 aliphatic carbocycles. The number of carbonyl (C=O) groups excluding carboxylic acids is 1. The second-order valence-electron chi connectivity index (χ2n) is 5.59. The van der Waals surface area contributed by atoms with Crippen LogP contribution in [0.5, 0.6) is 5.75 Å². The molecule has 6 nitrogen and oxygen atoms in total. The van der Waals surface area contributed by atoms with Gasteiger partial charge in [0.05, 0.1) is 22.8 Å². The van der Waals surface area contributed by atoms with Gasteiger partial charge < -0.3 is 9.47 Å². The lowest BCUT2D eigenvalue weighted by molar-refractivity contribution is 0.0453. The highest BCUT2D eigenvalue weighted by Gasteiger charge is 2.12. The predicted octanol–water partition coefficient (Wildman–Crippen LogP) is 3.41. The van der Waals surface area contributed by atoms with Crippen molar-refractivity contribution < 1.29 is 14.3 Å². The molecule has 0 atom stereocenters. The maximum absolute atomic E-state index is 12.3. The number of nitrogens with zero attached hydrogens (tertiary/aromatic N) is 3. The number of aromatic nitrogens is 3. The number of esters is 1. The molecule has 0 aliphatic rings. The third-order valence-electron chi connectivity index (χ3n) is 3.95. The quantitative estimate of drug-likeness (QED) is 0.408. The Kier molecular flexibility index (Phi) is 4.38. The van der Waals surface area contributed by atoms with Crippen LogP contribution < -0.4 is 4.74 Å². The average Bonchev–Trinajstić information content (AvgIpc) is 2.70. The maximum Gasteiger partial charge on any atom is 0.340 e. The van der Waals surface area contributed by atoms with Crippen LogP contribution in [-0.2, 0) is 4.74 Å². The molecule has 0 fully saturated rings.